The minimum absolute atomic E-state index is 0.158. The van der Waals surface area contributed by atoms with E-state index < -0.39 is 30.4 Å². The highest BCUT2D eigenvalue weighted by molar-refractivity contribution is 5.94. The number of nitrogens with one attached hydrogen (secondary N) is 2. The fourth-order valence-corrected chi connectivity index (χ4v) is 3.82. The number of anilines is 2. The summed E-state index contributed by atoms with van der Waals surface area (Å²) in [6, 6.07) is 8.36. The van der Waals surface area contributed by atoms with E-state index in [1.165, 1.54) is 13.4 Å². The molecule has 0 radical (unpaired) electrons. The number of hydrogen-bond acceptors (Lipinski definition) is 8. The van der Waals surface area contributed by atoms with Gasteiger partial charge in [0.2, 0.25) is 0 Å². The number of aromatic amines is 1. The first-order valence-electron chi connectivity index (χ1n) is 10.8. The number of ether oxygens (including phenoxy) is 2. The Morgan fingerprint density at radius 2 is 1.94 bits per heavy atom. The quantitative estimate of drug-likeness (QED) is 0.228. The highest BCUT2D eigenvalue weighted by atomic mass is 19.1. The standard InChI is InChI=1S/C24H25FN4O6/c1-12-5-15-17(28-12)3-4-18(23(15)25)29-24-16-8-20(34-2)21(9-19(16)26-11-27-24)35-10-14(31)6-13(30)7-22(32)33/h3-5,8-9,11,13-14,28,30-31H,6-7,10H2,1-2H3,(H,32,33)(H,26,27,29)/t13-,14+/m1/s1. The Morgan fingerprint density at radius 1 is 1.14 bits per heavy atom. The minimum Gasteiger partial charge on any atom is -0.493 e. The van der Waals surface area contributed by atoms with Gasteiger partial charge >= 0.3 is 5.97 Å². The number of carboxylic acid groups (broad SMARTS) is 1. The Bertz CT molecular complexity index is 1380. The topological polar surface area (TPSA) is 150 Å². The Labute approximate surface area is 199 Å². The first kappa shape index (κ1) is 24.2. The van der Waals surface area contributed by atoms with Crippen LogP contribution >= 0.6 is 0 Å². The molecule has 0 aliphatic carbocycles. The summed E-state index contributed by atoms with van der Waals surface area (Å²) in [5.41, 5.74) is 2.28. The molecule has 4 aromatic rings. The number of hydrogen-bond donors (Lipinski definition) is 5. The van der Waals surface area contributed by atoms with Crippen molar-refractivity contribution < 1.29 is 34.0 Å². The van der Waals surface area contributed by atoms with Crippen molar-refractivity contribution in [2.75, 3.05) is 19.0 Å². The predicted molar refractivity (Wildman–Crippen MR) is 127 cm³/mol. The molecular formula is C24H25FN4O6. The van der Waals surface area contributed by atoms with Crippen molar-refractivity contribution in [1.29, 1.82) is 0 Å². The maximum atomic E-state index is 15.1. The molecule has 35 heavy (non-hydrogen) atoms. The van der Waals surface area contributed by atoms with Gasteiger partial charge in [0.1, 0.15) is 18.8 Å². The van der Waals surface area contributed by atoms with Crippen LogP contribution in [-0.2, 0) is 4.79 Å². The van der Waals surface area contributed by atoms with Crippen LogP contribution in [0.3, 0.4) is 0 Å². The maximum Gasteiger partial charge on any atom is 0.305 e. The molecular weight excluding hydrogens is 459 g/mol. The number of halogens is 1. The fourth-order valence-electron chi connectivity index (χ4n) is 3.82. The number of methoxy groups -OCH3 is 1. The van der Waals surface area contributed by atoms with Gasteiger partial charge in [-0.05, 0) is 31.2 Å². The first-order valence-corrected chi connectivity index (χ1v) is 10.8. The van der Waals surface area contributed by atoms with E-state index in [-0.39, 0.29) is 24.5 Å². The van der Waals surface area contributed by atoms with E-state index >= 15 is 4.39 Å². The second-order valence-electron chi connectivity index (χ2n) is 8.16. The van der Waals surface area contributed by atoms with Gasteiger partial charge in [-0.15, -0.1) is 0 Å². The average molecular weight is 484 g/mol. The molecule has 0 spiro atoms. The lowest BCUT2D eigenvalue weighted by Gasteiger charge is -2.17. The Morgan fingerprint density at radius 3 is 2.69 bits per heavy atom. The third-order valence-corrected chi connectivity index (χ3v) is 5.43. The number of rotatable bonds is 10. The molecule has 2 aromatic carbocycles. The number of nitrogens with zero attached hydrogens (tertiary/aromatic N) is 2. The van der Waals surface area contributed by atoms with Gasteiger partial charge in [0.15, 0.2) is 17.3 Å². The van der Waals surface area contributed by atoms with E-state index in [0.717, 1.165) is 5.69 Å². The number of carbonyl (C=O) groups is 1. The summed E-state index contributed by atoms with van der Waals surface area (Å²) in [6.45, 7) is 1.66. The van der Waals surface area contributed by atoms with E-state index in [0.29, 0.717) is 33.4 Å². The Kier molecular flexibility index (Phi) is 6.99. The van der Waals surface area contributed by atoms with Gasteiger partial charge in [0.25, 0.3) is 0 Å². The number of carboxylic acids is 1. The molecule has 2 atom stereocenters. The molecule has 0 bridgehead atoms. The van der Waals surface area contributed by atoms with E-state index in [2.05, 4.69) is 20.3 Å². The molecule has 4 rings (SSSR count). The van der Waals surface area contributed by atoms with Gasteiger partial charge in [-0.3, -0.25) is 4.79 Å². The van der Waals surface area contributed by atoms with Gasteiger partial charge in [-0.1, -0.05) is 0 Å². The molecule has 0 saturated carbocycles. The van der Waals surface area contributed by atoms with Crippen LogP contribution < -0.4 is 14.8 Å². The zero-order valence-corrected chi connectivity index (χ0v) is 19.1. The van der Waals surface area contributed by atoms with Crippen LogP contribution in [0.5, 0.6) is 11.5 Å². The number of aliphatic hydroxyl groups is 2. The molecule has 184 valence electrons. The van der Waals surface area contributed by atoms with Crippen molar-refractivity contribution in [2.45, 2.75) is 32.0 Å². The number of aryl methyl sites for hydroxylation is 1. The molecule has 2 heterocycles. The van der Waals surface area contributed by atoms with Crippen LogP contribution in [0.25, 0.3) is 21.8 Å². The Balaban J connectivity index is 1.57. The first-order chi connectivity index (χ1) is 16.7. The van der Waals surface area contributed by atoms with Gasteiger partial charge in [0.05, 0.1) is 36.9 Å². The third-order valence-electron chi connectivity index (χ3n) is 5.43. The summed E-state index contributed by atoms with van der Waals surface area (Å²) in [5, 5.41) is 32.5. The van der Waals surface area contributed by atoms with Crippen molar-refractivity contribution in [3.8, 4) is 11.5 Å². The number of H-pyrrole nitrogens is 1. The summed E-state index contributed by atoms with van der Waals surface area (Å²) in [5.74, 6) is -0.599. The third kappa shape index (κ3) is 5.42. The number of fused-ring (bicyclic) bond motifs is 2. The van der Waals surface area contributed by atoms with Crippen LogP contribution in [0.2, 0.25) is 0 Å². The number of aromatic nitrogens is 3. The van der Waals surface area contributed by atoms with Crippen molar-refractivity contribution in [3.63, 3.8) is 0 Å². The lowest BCUT2D eigenvalue weighted by Crippen LogP contribution is -2.25. The van der Waals surface area contributed by atoms with Gasteiger partial charge < -0.3 is 35.1 Å². The molecule has 0 fully saturated rings. The smallest absolute Gasteiger partial charge is 0.305 e. The van der Waals surface area contributed by atoms with Crippen molar-refractivity contribution >= 4 is 39.3 Å². The van der Waals surface area contributed by atoms with Crippen molar-refractivity contribution in [3.05, 3.63) is 48.2 Å². The molecule has 11 heteroatoms. The zero-order chi connectivity index (χ0) is 25.1. The normalized spacial score (nSPS) is 13.1. The highest BCUT2D eigenvalue weighted by Gasteiger charge is 2.18. The maximum absolute atomic E-state index is 15.1. The lowest BCUT2D eigenvalue weighted by molar-refractivity contribution is -0.139. The molecule has 0 unspecified atom stereocenters. The number of aliphatic carboxylic acids is 1. The monoisotopic (exact) mass is 484 g/mol. The summed E-state index contributed by atoms with van der Waals surface area (Å²) in [7, 11) is 1.44. The van der Waals surface area contributed by atoms with Gasteiger partial charge in [-0.2, -0.15) is 0 Å². The van der Waals surface area contributed by atoms with E-state index in [1.54, 1.807) is 30.3 Å². The average Bonchev–Trinajstić information content (AvgIpc) is 3.19. The largest absolute Gasteiger partial charge is 0.493 e. The van der Waals surface area contributed by atoms with Crippen LogP contribution in [0.15, 0.2) is 36.7 Å². The van der Waals surface area contributed by atoms with Crippen LogP contribution in [0.1, 0.15) is 18.5 Å². The Hall–Kier alpha value is -3.96. The SMILES string of the molecule is COc1cc2c(Nc3ccc4[nH]c(C)cc4c3F)ncnc2cc1OC[C@@H](O)C[C@@H](O)CC(=O)O. The van der Waals surface area contributed by atoms with E-state index in [9.17, 15) is 15.0 Å². The highest BCUT2D eigenvalue weighted by Crippen LogP contribution is 2.36. The molecule has 0 aliphatic heterocycles. The zero-order valence-electron chi connectivity index (χ0n) is 19.1. The molecule has 5 N–H and O–H groups in total. The van der Waals surface area contributed by atoms with Gasteiger partial charge in [0, 0.05) is 34.5 Å². The summed E-state index contributed by atoms with van der Waals surface area (Å²) >= 11 is 0. The summed E-state index contributed by atoms with van der Waals surface area (Å²) in [6.07, 6.45) is -1.59. The minimum atomic E-state index is -1.19. The van der Waals surface area contributed by atoms with Crippen molar-refractivity contribution in [2.24, 2.45) is 0 Å². The number of aliphatic hydroxyl groups excluding tert-OH is 2. The van der Waals surface area contributed by atoms with Gasteiger partial charge in [-0.25, -0.2) is 14.4 Å². The van der Waals surface area contributed by atoms with Crippen LogP contribution in [0.4, 0.5) is 15.9 Å². The van der Waals surface area contributed by atoms with Crippen molar-refractivity contribution in [1.82, 2.24) is 15.0 Å². The van der Waals surface area contributed by atoms with E-state index in [1.807, 2.05) is 6.92 Å². The second-order valence-corrected chi connectivity index (χ2v) is 8.16. The number of benzene rings is 2. The summed E-state index contributed by atoms with van der Waals surface area (Å²) in [4.78, 5) is 22.3. The second kappa shape index (κ2) is 10.1. The molecule has 0 aliphatic rings. The fraction of sp³-hybridized carbons (Fsp3) is 0.292. The predicted octanol–water partition coefficient (Wildman–Crippen LogP) is 3.28. The summed E-state index contributed by atoms with van der Waals surface area (Å²) < 4.78 is 26.1. The van der Waals surface area contributed by atoms with E-state index in [4.69, 9.17) is 14.6 Å². The van der Waals surface area contributed by atoms with Crippen LogP contribution in [0, 0.1) is 12.7 Å². The van der Waals surface area contributed by atoms with Crippen LogP contribution in [-0.4, -0.2) is 62.2 Å². The molecule has 0 saturated heterocycles. The molecule has 2 aromatic heterocycles. The molecule has 10 nitrogen and oxygen atoms in total. The molecule has 0 amide bonds. The lowest BCUT2D eigenvalue weighted by atomic mass is 10.1.